The average Bonchev–Trinajstić information content (AvgIpc) is 3.09. The van der Waals surface area contributed by atoms with Crippen LogP contribution in [0.15, 0.2) is 42.5 Å². The summed E-state index contributed by atoms with van der Waals surface area (Å²) in [4.78, 5) is 5.28. The lowest BCUT2D eigenvalue weighted by atomic mass is 10.2. The summed E-state index contributed by atoms with van der Waals surface area (Å²) in [6, 6.07) is 15.1. The number of hydrogen-bond acceptors (Lipinski definition) is 3. The smallest absolute Gasteiger partial charge is 0.0710 e. The van der Waals surface area contributed by atoms with Crippen LogP contribution in [0, 0.1) is 0 Å². The van der Waals surface area contributed by atoms with E-state index in [1.807, 2.05) is 18.4 Å². The maximum absolute atomic E-state index is 5.42. The third-order valence-corrected chi connectivity index (χ3v) is 4.78. The fourth-order valence-corrected chi connectivity index (χ4v) is 3.63. The summed E-state index contributed by atoms with van der Waals surface area (Å²) in [6.07, 6.45) is 1.58. The zero-order chi connectivity index (χ0) is 13.1. The van der Waals surface area contributed by atoms with Crippen molar-refractivity contribution in [2.75, 3.05) is 20.2 Å². The van der Waals surface area contributed by atoms with Crippen LogP contribution in [-0.4, -0.2) is 31.2 Å². The van der Waals surface area contributed by atoms with Crippen molar-refractivity contribution in [2.24, 2.45) is 0 Å². The first-order valence-electron chi connectivity index (χ1n) is 6.74. The molecular formula is C16H19NOS. The van der Waals surface area contributed by atoms with Gasteiger partial charge in [-0.3, -0.25) is 4.90 Å². The highest BCUT2D eigenvalue weighted by molar-refractivity contribution is 7.15. The molecule has 1 fully saturated rings. The Balaban J connectivity index is 1.66. The summed E-state index contributed by atoms with van der Waals surface area (Å²) < 4.78 is 5.42. The van der Waals surface area contributed by atoms with Crippen LogP contribution >= 0.6 is 11.3 Å². The summed E-state index contributed by atoms with van der Waals surface area (Å²) >= 11 is 1.90. The van der Waals surface area contributed by atoms with Crippen molar-refractivity contribution in [1.82, 2.24) is 4.90 Å². The highest BCUT2D eigenvalue weighted by atomic mass is 32.1. The van der Waals surface area contributed by atoms with Crippen LogP contribution in [0.5, 0.6) is 0 Å². The van der Waals surface area contributed by atoms with Crippen LogP contribution in [0.4, 0.5) is 0 Å². The molecule has 0 amide bonds. The maximum atomic E-state index is 5.42. The van der Waals surface area contributed by atoms with E-state index in [4.69, 9.17) is 4.74 Å². The minimum atomic E-state index is 0.425. The molecule has 1 saturated heterocycles. The van der Waals surface area contributed by atoms with Gasteiger partial charge in [-0.2, -0.15) is 0 Å². The summed E-state index contributed by atoms with van der Waals surface area (Å²) in [5.41, 5.74) is 1.31. The monoisotopic (exact) mass is 273 g/mol. The van der Waals surface area contributed by atoms with Gasteiger partial charge in [0.2, 0.25) is 0 Å². The number of methoxy groups -OCH3 is 1. The van der Waals surface area contributed by atoms with E-state index in [0.29, 0.717) is 6.10 Å². The molecular weight excluding hydrogens is 254 g/mol. The van der Waals surface area contributed by atoms with Gasteiger partial charge in [-0.1, -0.05) is 30.3 Å². The van der Waals surface area contributed by atoms with Crippen LogP contribution in [0.25, 0.3) is 10.4 Å². The number of benzene rings is 1. The lowest BCUT2D eigenvalue weighted by Gasteiger charge is -2.13. The van der Waals surface area contributed by atoms with E-state index in [1.54, 1.807) is 0 Å². The molecule has 1 unspecified atom stereocenters. The van der Waals surface area contributed by atoms with Gasteiger partial charge in [-0.25, -0.2) is 0 Å². The van der Waals surface area contributed by atoms with E-state index in [1.165, 1.54) is 15.3 Å². The minimum Gasteiger partial charge on any atom is -0.380 e. The van der Waals surface area contributed by atoms with Gasteiger partial charge < -0.3 is 4.74 Å². The number of rotatable bonds is 4. The molecule has 0 bridgehead atoms. The summed E-state index contributed by atoms with van der Waals surface area (Å²) in [6.45, 7) is 3.27. The van der Waals surface area contributed by atoms with Crippen molar-refractivity contribution >= 4 is 11.3 Å². The Morgan fingerprint density at radius 2 is 2.05 bits per heavy atom. The van der Waals surface area contributed by atoms with Gasteiger partial charge in [0.1, 0.15) is 0 Å². The Hall–Kier alpha value is -1.16. The molecule has 0 saturated carbocycles. The normalized spacial score (nSPS) is 19.9. The Morgan fingerprint density at radius 1 is 1.21 bits per heavy atom. The fourth-order valence-electron chi connectivity index (χ4n) is 2.57. The van der Waals surface area contributed by atoms with Gasteiger partial charge in [-0.15, -0.1) is 11.3 Å². The molecule has 0 spiro atoms. The lowest BCUT2D eigenvalue weighted by Crippen LogP contribution is -2.21. The molecule has 100 valence electrons. The number of ether oxygens (including phenoxy) is 1. The Bertz CT molecular complexity index is 523. The Labute approximate surface area is 118 Å². The van der Waals surface area contributed by atoms with Crippen molar-refractivity contribution in [3.8, 4) is 10.4 Å². The van der Waals surface area contributed by atoms with Gasteiger partial charge in [0, 0.05) is 36.5 Å². The predicted octanol–water partition coefficient (Wildman–Crippen LogP) is 3.64. The molecule has 3 heteroatoms. The van der Waals surface area contributed by atoms with Crippen LogP contribution < -0.4 is 0 Å². The van der Waals surface area contributed by atoms with Crippen LogP contribution in [0.3, 0.4) is 0 Å². The molecule has 0 radical (unpaired) electrons. The molecule has 3 rings (SSSR count). The highest BCUT2D eigenvalue weighted by Crippen LogP contribution is 2.29. The molecule has 2 heterocycles. The summed E-state index contributed by atoms with van der Waals surface area (Å²) in [5.74, 6) is 0. The van der Waals surface area contributed by atoms with E-state index in [-0.39, 0.29) is 0 Å². The molecule has 1 aliphatic heterocycles. The van der Waals surface area contributed by atoms with Gasteiger partial charge in [-0.05, 0) is 24.1 Å². The third-order valence-electron chi connectivity index (χ3n) is 3.66. The molecule has 1 aromatic heterocycles. The Kier molecular flexibility index (Phi) is 3.97. The third kappa shape index (κ3) is 3.06. The van der Waals surface area contributed by atoms with Crippen molar-refractivity contribution in [1.29, 1.82) is 0 Å². The topological polar surface area (TPSA) is 12.5 Å². The number of nitrogens with zero attached hydrogens (tertiary/aromatic N) is 1. The highest BCUT2D eigenvalue weighted by Gasteiger charge is 2.22. The first-order valence-corrected chi connectivity index (χ1v) is 7.56. The van der Waals surface area contributed by atoms with Crippen LogP contribution in [-0.2, 0) is 11.3 Å². The van der Waals surface area contributed by atoms with Crippen molar-refractivity contribution < 1.29 is 4.74 Å². The fraction of sp³-hybridized carbons (Fsp3) is 0.375. The van der Waals surface area contributed by atoms with Gasteiger partial charge in [0.15, 0.2) is 0 Å². The standard InChI is InChI=1S/C16H19NOS/c1-18-14-9-10-17(11-14)12-15-7-8-16(19-15)13-5-3-2-4-6-13/h2-8,14H,9-12H2,1H3. The molecule has 2 nitrogen and oxygen atoms in total. The number of thiophene rings is 1. The first kappa shape index (κ1) is 12.9. The predicted molar refractivity (Wildman–Crippen MR) is 80.4 cm³/mol. The Morgan fingerprint density at radius 3 is 2.79 bits per heavy atom. The zero-order valence-electron chi connectivity index (χ0n) is 11.2. The van der Waals surface area contributed by atoms with E-state index in [9.17, 15) is 0 Å². The lowest BCUT2D eigenvalue weighted by molar-refractivity contribution is 0.107. The largest absolute Gasteiger partial charge is 0.380 e. The molecule has 19 heavy (non-hydrogen) atoms. The second kappa shape index (κ2) is 5.87. The van der Waals surface area contributed by atoms with E-state index >= 15 is 0 Å². The molecule has 0 aliphatic carbocycles. The van der Waals surface area contributed by atoms with E-state index < -0.39 is 0 Å². The minimum absolute atomic E-state index is 0.425. The molecule has 1 atom stereocenters. The number of likely N-dealkylation sites (tertiary alicyclic amines) is 1. The SMILES string of the molecule is COC1CCN(Cc2ccc(-c3ccccc3)s2)C1. The van der Waals surface area contributed by atoms with Crippen LogP contribution in [0.2, 0.25) is 0 Å². The van der Waals surface area contributed by atoms with Gasteiger partial charge >= 0.3 is 0 Å². The van der Waals surface area contributed by atoms with Crippen molar-refractivity contribution in [2.45, 2.75) is 19.1 Å². The van der Waals surface area contributed by atoms with Gasteiger partial charge in [0.25, 0.3) is 0 Å². The van der Waals surface area contributed by atoms with Crippen molar-refractivity contribution in [3.05, 3.63) is 47.3 Å². The van der Waals surface area contributed by atoms with Gasteiger partial charge in [0.05, 0.1) is 6.10 Å². The van der Waals surface area contributed by atoms with Crippen molar-refractivity contribution in [3.63, 3.8) is 0 Å². The number of hydrogen-bond donors (Lipinski definition) is 0. The molecule has 0 N–H and O–H groups in total. The summed E-state index contributed by atoms with van der Waals surface area (Å²) in [5, 5.41) is 0. The summed E-state index contributed by atoms with van der Waals surface area (Å²) in [7, 11) is 1.81. The van der Waals surface area contributed by atoms with E-state index in [0.717, 1.165) is 26.1 Å². The first-order chi connectivity index (χ1) is 9.35. The second-order valence-corrected chi connectivity index (χ2v) is 6.18. The molecule has 1 aromatic carbocycles. The van der Waals surface area contributed by atoms with Crippen LogP contribution in [0.1, 0.15) is 11.3 Å². The zero-order valence-corrected chi connectivity index (χ0v) is 12.0. The van der Waals surface area contributed by atoms with E-state index in [2.05, 4.69) is 47.4 Å². The maximum Gasteiger partial charge on any atom is 0.0710 e. The average molecular weight is 273 g/mol. The second-order valence-electron chi connectivity index (χ2n) is 5.01. The molecule has 1 aliphatic rings. The molecule has 2 aromatic rings. The quantitative estimate of drug-likeness (QED) is 0.843.